The van der Waals surface area contributed by atoms with Crippen LogP contribution in [0.1, 0.15) is 44.6 Å². The van der Waals surface area contributed by atoms with Crippen molar-refractivity contribution in [2.75, 3.05) is 7.11 Å². The molecule has 9 nitrogen and oxygen atoms in total. The van der Waals surface area contributed by atoms with Gasteiger partial charge in [0.2, 0.25) is 0 Å². The number of hydrogen-bond donors (Lipinski definition) is 3. The zero-order valence-electron chi connectivity index (χ0n) is 22.8. The standard InChI is InChI=1S/C28H34Br3NO8/c1-10-8-11(2)28-14(9-16(37-5)26(35)38-22(10)13(4)33)6-7-15-17(28)21(34)12(3)23(24(15)40-28)39-27(36)20-18(29)19(30)25(31)32-20/h6-8,10,12-17,21-24,32-34H,9H2,1-5H3/b11-8+/t10-,12-,13-,14-,15-,16+,17+,21-,22+,23-,24-,28+/m1/s1. The zero-order valence-corrected chi connectivity index (χ0v) is 27.5. The number of cyclic esters (lactones) is 1. The first-order valence-electron chi connectivity index (χ1n) is 13.4. The van der Waals surface area contributed by atoms with Crippen LogP contribution in [0.2, 0.25) is 0 Å². The van der Waals surface area contributed by atoms with E-state index in [9.17, 15) is 19.8 Å². The molecule has 5 rings (SSSR count). The van der Waals surface area contributed by atoms with E-state index in [0.29, 0.717) is 13.5 Å². The summed E-state index contributed by atoms with van der Waals surface area (Å²) < 4.78 is 26.1. The summed E-state index contributed by atoms with van der Waals surface area (Å²) in [5.74, 6) is -2.74. The highest BCUT2D eigenvalue weighted by atomic mass is 79.9. The van der Waals surface area contributed by atoms with Crippen LogP contribution >= 0.6 is 47.8 Å². The van der Waals surface area contributed by atoms with Gasteiger partial charge in [-0.25, -0.2) is 9.59 Å². The Labute approximate surface area is 258 Å². The van der Waals surface area contributed by atoms with E-state index >= 15 is 0 Å². The molecule has 4 aliphatic rings. The van der Waals surface area contributed by atoms with Crippen molar-refractivity contribution in [2.45, 2.75) is 76.3 Å². The van der Waals surface area contributed by atoms with Crippen LogP contribution in [0, 0.1) is 29.6 Å². The summed E-state index contributed by atoms with van der Waals surface area (Å²) in [4.78, 5) is 29.4. The largest absolute Gasteiger partial charge is 0.457 e. The molecule has 1 saturated carbocycles. The highest BCUT2D eigenvalue weighted by Gasteiger charge is 2.69. The van der Waals surface area contributed by atoms with Gasteiger partial charge in [0.1, 0.15) is 29.6 Å². The van der Waals surface area contributed by atoms with Crippen LogP contribution < -0.4 is 0 Å². The Bertz CT molecular complexity index is 1250. The molecule has 12 heteroatoms. The predicted octanol–water partition coefficient (Wildman–Crippen LogP) is 4.69. The van der Waals surface area contributed by atoms with Crippen LogP contribution in [0.3, 0.4) is 0 Å². The molecular formula is C28H34Br3NO8. The Morgan fingerprint density at radius 1 is 1.23 bits per heavy atom. The van der Waals surface area contributed by atoms with Gasteiger partial charge >= 0.3 is 11.9 Å². The number of nitrogens with one attached hydrogen (secondary N) is 1. The molecule has 2 fully saturated rings. The molecule has 4 bridgehead atoms. The van der Waals surface area contributed by atoms with E-state index in [1.54, 1.807) is 6.92 Å². The molecule has 220 valence electrons. The number of aromatic amines is 1. The second kappa shape index (κ2) is 11.2. The van der Waals surface area contributed by atoms with E-state index in [1.165, 1.54) is 7.11 Å². The van der Waals surface area contributed by atoms with Gasteiger partial charge in [-0.05, 0) is 73.6 Å². The van der Waals surface area contributed by atoms with Crippen LogP contribution in [0.4, 0.5) is 0 Å². The number of methoxy groups -OCH3 is 1. The highest BCUT2D eigenvalue weighted by molar-refractivity contribution is 9.14. The van der Waals surface area contributed by atoms with Crippen LogP contribution in [0.15, 0.2) is 37.3 Å². The first-order valence-corrected chi connectivity index (χ1v) is 15.8. The number of halogens is 3. The van der Waals surface area contributed by atoms with Crippen molar-refractivity contribution in [3.8, 4) is 0 Å². The van der Waals surface area contributed by atoms with Crippen molar-refractivity contribution >= 4 is 59.7 Å². The lowest BCUT2D eigenvalue weighted by Crippen LogP contribution is -2.57. The summed E-state index contributed by atoms with van der Waals surface area (Å²) in [6, 6.07) is 0. The van der Waals surface area contributed by atoms with Gasteiger partial charge < -0.3 is 34.1 Å². The van der Waals surface area contributed by atoms with E-state index in [4.69, 9.17) is 18.9 Å². The summed E-state index contributed by atoms with van der Waals surface area (Å²) in [5.41, 5.74) is 0.150. The third kappa shape index (κ3) is 4.69. The second-order valence-corrected chi connectivity index (χ2v) is 13.8. The fourth-order valence-corrected chi connectivity index (χ4v) is 8.67. The number of carbonyl (C=O) groups excluding carboxylic acids is 2. The number of H-pyrrole nitrogens is 1. The molecule has 1 aromatic rings. The smallest absolute Gasteiger partial charge is 0.356 e. The van der Waals surface area contributed by atoms with Crippen LogP contribution in [0.5, 0.6) is 0 Å². The van der Waals surface area contributed by atoms with Crippen LogP contribution in [-0.2, 0) is 23.7 Å². The summed E-state index contributed by atoms with van der Waals surface area (Å²) in [7, 11) is 1.46. The number of aliphatic hydroxyl groups excluding tert-OH is 2. The fraction of sp³-hybridized carbons (Fsp3) is 0.643. The summed E-state index contributed by atoms with van der Waals surface area (Å²) in [6.07, 6.45) is 1.62. The lowest BCUT2D eigenvalue weighted by molar-refractivity contribution is -0.172. The molecule has 1 spiro atoms. The Balaban J connectivity index is 1.56. The molecule has 0 radical (unpaired) electrons. The maximum atomic E-state index is 13.3. The molecule has 40 heavy (non-hydrogen) atoms. The number of carbonyl (C=O) groups is 2. The summed E-state index contributed by atoms with van der Waals surface area (Å²) >= 11 is 10.2. The lowest BCUT2D eigenvalue weighted by atomic mass is 9.57. The van der Waals surface area contributed by atoms with Crippen molar-refractivity contribution < 1.29 is 38.7 Å². The van der Waals surface area contributed by atoms with Gasteiger partial charge in [-0.2, -0.15) is 0 Å². The van der Waals surface area contributed by atoms with Gasteiger partial charge in [-0.15, -0.1) is 0 Å². The molecule has 1 aromatic heterocycles. The predicted molar refractivity (Wildman–Crippen MR) is 155 cm³/mol. The van der Waals surface area contributed by atoms with E-state index in [2.05, 4.69) is 52.8 Å². The highest BCUT2D eigenvalue weighted by Crippen LogP contribution is 2.61. The number of aromatic nitrogens is 1. The maximum Gasteiger partial charge on any atom is 0.356 e. The number of ether oxygens (including phenoxy) is 4. The van der Waals surface area contributed by atoms with E-state index in [-0.39, 0.29) is 35.8 Å². The first-order chi connectivity index (χ1) is 18.8. The van der Waals surface area contributed by atoms with Crippen molar-refractivity contribution in [1.82, 2.24) is 4.98 Å². The normalized spacial score (nSPS) is 42.9. The van der Waals surface area contributed by atoms with E-state index < -0.39 is 60.1 Å². The zero-order chi connectivity index (χ0) is 29.3. The summed E-state index contributed by atoms with van der Waals surface area (Å²) in [5, 5.41) is 22.3. The Kier molecular flexibility index (Phi) is 8.55. The third-order valence-corrected chi connectivity index (χ3v) is 12.4. The van der Waals surface area contributed by atoms with Gasteiger partial charge in [0.25, 0.3) is 0 Å². The van der Waals surface area contributed by atoms with Gasteiger partial charge in [-0.1, -0.05) is 32.1 Å². The number of aliphatic hydroxyl groups is 2. The average molecular weight is 752 g/mol. The molecule has 3 N–H and O–H groups in total. The molecule has 2 aliphatic heterocycles. The Morgan fingerprint density at radius 3 is 2.52 bits per heavy atom. The van der Waals surface area contributed by atoms with E-state index in [0.717, 1.165) is 5.57 Å². The van der Waals surface area contributed by atoms with Gasteiger partial charge in [0.15, 0.2) is 6.10 Å². The van der Waals surface area contributed by atoms with Crippen molar-refractivity contribution in [3.63, 3.8) is 0 Å². The SMILES string of the molecule is CO[C@H]1C[C@H]2C=C[C@H]3[C@H]4O[C@]2(/C(C)=C/[C@@H](C)[C@@H]([C@@H](C)O)OC1=O)[C@@H]3[C@H](O)[C@@H](C)[C@H]4OC(=O)c1[nH]c(Br)c(Br)c1Br. The first kappa shape index (κ1) is 30.4. The molecule has 0 aromatic carbocycles. The minimum atomic E-state index is -0.968. The Morgan fingerprint density at radius 2 is 1.93 bits per heavy atom. The topological polar surface area (TPSA) is 127 Å². The molecule has 3 heterocycles. The quantitative estimate of drug-likeness (QED) is 0.299. The van der Waals surface area contributed by atoms with Crippen molar-refractivity contribution in [2.24, 2.45) is 29.6 Å². The molecular weight excluding hydrogens is 718 g/mol. The van der Waals surface area contributed by atoms with Gasteiger partial charge in [0.05, 0.1) is 25.8 Å². The monoisotopic (exact) mass is 749 g/mol. The number of rotatable bonds is 4. The van der Waals surface area contributed by atoms with Gasteiger partial charge in [-0.3, -0.25) is 0 Å². The van der Waals surface area contributed by atoms with Crippen molar-refractivity contribution in [1.29, 1.82) is 0 Å². The van der Waals surface area contributed by atoms with E-state index in [1.807, 2.05) is 39.0 Å². The van der Waals surface area contributed by atoms with Crippen molar-refractivity contribution in [3.05, 3.63) is 43.0 Å². The van der Waals surface area contributed by atoms with Crippen LogP contribution in [0.25, 0.3) is 0 Å². The molecule has 2 aliphatic carbocycles. The van der Waals surface area contributed by atoms with Crippen LogP contribution in [-0.4, -0.2) is 76.5 Å². The minimum absolute atomic E-state index is 0.215. The number of esters is 2. The molecule has 0 unspecified atom stereocenters. The minimum Gasteiger partial charge on any atom is -0.457 e. The second-order valence-electron chi connectivity index (χ2n) is 11.4. The molecule has 12 atom stereocenters. The molecule has 0 amide bonds. The number of hydrogen-bond acceptors (Lipinski definition) is 8. The van der Waals surface area contributed by atoms with Gasteiger partial charge in [0, 0.05) is 36.7 Å². The summed E-state index contributed by atoms with van der Waals surface area (Å²) in [6.45, 7) is 7.31. The molecule has 1 saturated heterocycles. The average Bonchev–Trinajstić information content (AvgIpc) is 3.28. The fourth-order valence-electron chi connectivity index (χ4n) is 7.25. The maximum absolute atomic E-state index is 13.3. The Hall–Kier alpha value is -1.02. The third-order valence-electron chi connectivity index (χ3n) is 9.16. The lowest BCUT2D eigenvalue weighted by Gasteiger charge is -2.48.